The molecule has 3 fully saturated rings. The van der Waals surface area contributed by atoms with Gasteiger partial charge in [-0.25, -0.2) is 14.8 Å². The molecule has 2 atom stereocenters. The number of likely N-dealkylation sites (tertiary alicyclic amines) is 1. The van der Waals surface area contributed by atoms with Crippen molar-refractivity contribution in [2.75, 3.05) is 13.1 Å². The SMILES string of the molecule is CC(C)(C)OC(=O)N1CCC[C@H]1c1nc2ccc(-c3ccc(-c4ccc(-c5cnc([C@@H]6CCCN6)[nH]5)s4)c4c3CC3(CCCC3)C4)cc2[nH]1. The van der Waals surface area contributed by atoms with Gasteiger partial charge in [-0.1, -0.05) is 31.0 Å². The van der Waals surface area contributed by atoms with E-state index in [1.807, 2.05) is 43.2 Å². The van der Waals surface area contributed by atoms with Crippen LogP contribution in [0.25, 0.3) is 43.2 Å². The molecule has 5 heterocycles. The number of H-pyrrole nitrogens is 2. The molecule has 9 rings (SSSR count). The van der Waals surface area contributed by atoms with Gasteiger partial charge in [-0.2, -0.15) is 0 Å². The second-order valence-corrected chi connectivity index (χ2v) is 16.9. The van der Waals surface area contributed by atoms with Gasteiger partial charge < -0.3 is 20.0 Å². The highest BCUT2D eigenvalue weighted by Crippen LogP contribution is 2.54. The van der Waals surface area contributed by atoms with E-state index in [-0.39, 0.29) is 12.1 Å². The lowest BCUT2D eigenvalue weighted by molar-refractivity contribution is 0.0219. The van der Waals surface area contributed by atoms with Crippen LogP contribution in [0.15, 0.2) is 48.7 Å². The molecule has 1 amide bonds. The molecular weight excluding hydrogens is 629 g/mol. The van der Waals surface area contributed by atoms with Crippen molar-refractivity contribution in [1.82, 2.24) is 30.2 Å². The Labute approximate surface area is 292 Å². The zero-order chi connectivity index (χ0) is 33.3. The summed E-state index contributed by atoms with van der Waals surface area (Å²) in [5, 5.41) is 3.56. The second kappa shape index (κ2) is 11.8. The number of hydrogen-bond acceptors (Lipinski definition) is 6. The van der Waals surface area contributed by atoms with Crippen LogP contribution < -0.4 is 5.32 Å². The van der Waals surface area contributed by atoms with E-state index in [9.17, 15) is 4.79 Å². The van der Waals surface area contributed by atoms with E-state index < -0.39 is 5.60 Å². The molecule has 2 aromatic carbocycles. The molecule has 2 saturated heterocycles. The highest BCUT2D eigenvalue weighted by Gasteiger charge is 2.42. The van der Waals surface area contributed by atoms with Crippen LogP contribution >= 0.6 is 11.3 Å². The number of carbonyl (C=O) groups is 1. The Balaban J connectivity index is 1.04. The van der Waals surface area contributed by atoms with Gasteiger partial charge in [-0.3, -0.25) is 4.90 Å². The van der Waals surface area contributed by atoms with E-state index in [1.54, 1.807) is 0 Å². The quantitative estimate of drug-likeness (QED) is 0.173. The van der Waals surface area contributed by atoms with Gasteiger partial charge in [0, 0.05) is 11.4 Å². The molecule has 5 aromatic rings. The number of aromatic amines is 2. The number of ether oxygens (including phenoxy) is 1. The van der Waals surface area contributed by atoms with Crippen LogP contribution in [0.1, 0.15) is 107 Å². The fourth-order valence-corrected chi connectivity index (χ4v) is 10.0. The smallest absolute Gasteiger partial charge is 0.410 e. The van der Waals surface area contributed by atoms with Crippen LogP contribution in [0.5, 0.6) is 0 Å². The Kier molecular flexibility index (Phi) is 7.50. The fraction of sp³-hybridized carbons (Fsp3) is 0.475. The van der Waals surface area contributed by atoms with E-state index >= 15 is 0 Å². The lowest BCUT2D eigenvalue weighted by Gasteiger charge is -2.27. The summed E-state index contributed by atoms with van der Waals surface area (Å²) in [6.45, 7) is 7.50. The van der Waals surface area contributed by atoms with Crippen molar-refractivity contribution in [3.63, 3.8) is 0 Å². The number of nitrogens with zero attached hydrogens (tertiary/aromatic N) is 3. The molecule has 0 unspecified atom stereocenters. The first-order chi connectivity index (χ1) is 23.7. The van der Waals surface area contributed by atoms with Crippen LogP contribution in [-0.4, -0.2) is 49.6 Å². The minimum absolute atomic E-state index is 0.0973. The van der Waals surface area contributed by atoms with Gasteiger partial charge in [0.2, 0.25) is 0 Å². The van der Waals surface area contributed by atoms with Crippen LogP contribution in [0.2, 0.25) is 0 Å². The summed E-state index contributed by atoms with van der Waals surface area (Å²) in [5.74, 6) is 1.90. The van der Waals surface area contributed by atoms with Gasteiger partial charge in [0.15, 0.2) is 0 Å². The monoisotopic (exact) mass is 674 g/mol. The first-order valence-corrected chi connectivity index (χ1v) is 19.1. The van der Waals surface area contributed by atoms with Crippen molar-refractivity contribution in [3.8, 4) is 32.1 Å². The normalized spacial score (nSPS) is 21.7. The van der Waals surface area contributed by atoms with E-state index in [1.165, 1.54) is 76.1 Å². The van der Waals surface area contributed by atoms with Crippen molar-refractivity contribution in [3.05, 3.63) is 71.4 Å². The first-order valence-electron chi connectivity index (χ1n) is 18.3. The molecule has 8 nitrogen and oxygen atoms in total. The van der Waals surface area contributed by atoms with Crippen molar-refractivity contribution in [2.24, 2.45) is 5.41 Å². The summed E-state index contributed by atoms with van der Waals surface area (Å²) < 4.78 is 5.73. The third kappa shape index (κ3) is 5.69. The predicted molar refractivity (Wildman–Crippen MR) is 196 cm³/mol. The first kappa shape index (κ1) is 31.1. The maximum atomic E-state index is 13.0. The standard InChI is InChI=1S/C40H46N6O2S/c1-39(2,3)48-38(47)46-19-7-9-33(46)37-43-29-13-10-24(20-31(29)44-37)25-11-12-26(28-22-40(21-27(25)28)16-4-5-17-40)34-14-15-35(49-34)32-23-42-36(45-32)30-8-6-18-41-30/h10-15,20,23,30,33,41H,4-9,16-19,21-22H2,1-3H3,(H,42,45)(H,43,44)/t30-,33-/m0/s1. The Morgan fingerprint density at radius 1 is 0.918 bits per heavy atom. The number of fused-ring (bicyclic) bond motifs is 2. The van der Waals surface area contributed by atoms with Crippen molar-refractivity contribution >= 4 is 28.5 Å². The third-order valence-electron chi connectivity index (χ3n) is 11.3. The number of rotatable bonds is 5. The zero-order valence-corrected chi connectivity index (χ0v) is 29.6. The number of carbonyl (C=O) groups excluding carboxylic acids is 1. The van der Waals surface area contributed by atoms with Gasteiger partial charge in [-0.15, -0.1) is 11.3 Å². The summed E-state index contributed by atoms with van der Waals surface area (Å²) in [6.07, 6.45) is 13.6. The summed E-state index contributed by atoms with van der Waals surface area (Å²) in [6, 6.07) is 16.2. The molecule has 49 heavy (non-hydrogen) atoms. The van der Waals surface area contributed by atoms with Gasteiger partial charge in [0.05, 0.1) is 39.9 Å². The summed E-state index contributed by atoms with van der Waals surface area (Å²) in [4.78, 5) is 34.4. The molecule has 4 aliphatic rings. The lowest BCUT2D eigenvalue weighted by atomic mass is 9.83. The Morgan fingerprint density at radius 3 is 2.51 bits per heavy atom. The lowest BCUT2D eigenvalue weighted by Crippen LogP contribution is -2.36. The number of hydrogen-bond donors (Lipinski definition) is 3. The average Bonchev–Trinajstić information content (AvgIpc) is 3.93. The zero-order valence-electron chi connectivity index (χ0n) is 28.8. The van der Waals surface area contributed by atoms with Crippen LogP contribution in [0, 0.1) is 5.41 Å². The second-order valence-electron chi connectivity index (χ2n) is 15.9. The van der Waals surface area contributed by atoms with Crippen molar-refractivity contribution in [2.45, 2.75) is 103 Å². The van der Waals surface area contributed by atoms with Crippen LogP contribution in [-0.2, 0) is 17.6 Å². The van der Waals surface area contributed by atoms with Crippen molar-refractivity contribution < 1.29 is 9.53 Å². The molecule has 2 aliphatic carbocycles. The highest BCUT2D eigenvalue weighted by atomic mass is 32.1. The highest BCUT2D eigenvalue weighted by molar-refractivity contribution is 7.18. The van der Waals surface area contributed by atoms with Crippen LogP contribution in [0.3, 0.4) is 0 Å². The maximum absolute atomic E-state index is 13.0. The minimum Gasteiger partial charge on any atom is -0.444 e. The number of nitrogens with one attached hydrogen (secondary N) is 3. The summed E-state index contributed by atoms with van der Waals surface area (Å²) in [7, 11) is 0. The molecule has 1 saturated carbocycles. The van der Waals surface area contributed by atoms with E-state index in [4.69, 9.17) is 14.7 Å². The molecule has 9 heteroatoms. The van der Waals surface area contributed by atoms with Gasteiger partial charge in [0.1, 0.15) is 17.2 Å². The maximum Gasteiger partial charge on any atom is 0.410 e. The number of aromatic nitrogens is 4. The van der Waals surface area contributed by atoms with Gasteiger partial charge in [0.25, 0.3) is 0 Å². The summed E-state index contributed by atoms with van der Waals surface area (Å²) in [5.41, 5.74) is 9.96. The molecule has 254 valence electrons. The molecule has 0 radical (unpaired) electrons. The minimum atomic E-state index is -0.526. The Hall–Kier alpha value is -3.95. The topological polar surface area (TPSA) is 98.9 Å². The largest absolute Gasteiger partial charge is 0.444 e. The Morgan fingerprint density at radius 2 is 1.71 bits per heavy atom. The van der Waals surface area contributed by atoms with Gasteiger partial charge >= 0.3 is 6.09 Å². The number of thiophene rings is 1. The number of imidazole rings is 2. The number of amides is 1. The average molecular weight is 675 g/mol. The van der Waals surface area contributed by atoms with E-state index in [0.717, 1.165) is 60.6 Å². The summed E-state index contributed by atoms with van der Waals surface area (Å²) >= 11 is 1.87. The molecular formula is C40H46N6O2S. The van der Waals surface area contributed by atoms with E-state index in [0.29, 0.717) is 18.0 Å². The molecule has 1 spiro atoms. The number of benzene rings is 2. The van der Waals surface area contributed by atoms with Crippen molar-refractivity contribution in [1.29, 1.82) is 0 Å². The van der Waals surface area contributed by atoms with Gasteiger partial charge in [-0.05, 0) is 136 Å². The molecule has 3 N–H and O–H groups in total. The predicted octanol–water partition coefficient (Wildman–Crippen LogP) is 9.50. The molecule has 0 bridgehead atoms. The fourth-order valence-electron chi connectivity index (χ4n) is 9.02. The Bertz CT molecular complexity index is 2040. The van der Waals surface area contributed by atoms with Crippen LogP contribution in [0.4, 0.5) is 4.79 Å². The molecule has 3 aromatic heterocycles. The molecule has 2 aliphatic heterocycles. The van der Waals surface area contributed by atoms with E-state index in [2.05, 4.69) is 57.7 Å². The third-order valence-corrected chi connectivity index (χ3v) is 12.5.